The summed E-state index contributed by atoms with van der Waals surface area (Å²) in [6.07, 6.45) is 4.94. The Morgan fingerprint density at radius 3 is 2.58 bits per heavy atom. The van der Waals surface area contributed by atoms with E-state index in [9.17, 15) is 4.79 Å². The fourth-order valence-corrected chi connectivity index (χ4v) is 2.46. The molecule has 1 saturated heterocycles. The van der Waals surface area contributed by atoms with E-state index in [2.05, 4.69) is 20.4 Å². The molecule has 0 saturated carbocycles. The average molecular weight is 324 g/mol. The van der Waals surface area contributed by atoms with Gasteiger partial charge in [0.2, 0.25) is 0 Å². The van der Waals surface area contributed by atoms with Crippen LogP contribution in [0.2, 0.25) is 0 Å². The topological polar surface area (TPSA) is 66.8 Å². The van der Waals surface area contributed by atoms with Crippen molar-refractivity contribution in [2.75, 3.05) is 26.3 Å². The molecular weight excluding hydrogens is 304 g/mol. The molecule has 2 aromatic rings. The molecule has 0 unspecified atom stereocenters. The monoisotopic (exact) mass is 324 g/mol. The minimum Gasteiger partial charge on any atom is -0.379 e. The zero-order valence-corrected chi connectivity index (χ0v) is 13.4. The fraction of sp³-hybridized carbons (Fsp3) is 0.278. The van der Waals surface area contributed by atoms with E-state index in [1.165, 1.54) is 5.56 Å². The third-order valence-electron chi connectivity index (χ3n) is 3.81. The molecule has 1 aromatic heterocycles. The van der Waals surface area contributed by atoms with Crippen LogP contribution in [0.3, 0.4) is 0 Å². The number of rotatable bonds is 5. The summed E-state index contributed by atoms with van der Waals surface area (Å²) in [4.78, 5) is 18.3. The largest absolute Gasteiger partial charge is 0.379 e. The first kappa shape index (κ1) is 16.3. The molecule has 1 fully saturated rings. The third-order valence-corrected chi connectivity index (χ3v) is 3.81. The number of benzene rings is 1. The standard InChI is InChI=1S/C18H20N4O2/c23-18(21-20-13-15-5-7-19-8-6-15)17-3-1-16(2-4-17)14-22-9-11-24-12-10-22/h1-8,13H,9-12,14H2,(H,21,23). The molecular formula is C18H20N4O2. The predicted octanol–water partition coefficient (Wildman–Crippen LogP) is 1.68. The minimum absolute atomic E-state index is 0.224. The first-order valence-corrected chi connectivity index (χ1v) is 7.94. The lowest BCUT2D eigenvalue weighted by molar-refractivity contribution is 0.0342. The first-order valence-electron chi connectivity index (χ1n) is 7.94. The molecule has 1 aliphatic rings. The van der Waals surface area contributed by atoms with Crippen LogP contribution in [0, 0.1) is 0 Å². The number of carbonyl (C=O) groups excluding carboxylic acids is 1. The Morgan fingerprint density at radius 2 is 1.88 bits per heavy atom. The van der Waals surface area contributed by atoms with E-state index in [-0.39, 0.29) is 5.91 Å². The highest BCUT2D eigenvalue weighted by molar-refractivity contribution is 5.94. The second-order valence-electron chi connectivity index (χ2n) is 5.57. The van der Waals surface area contributed by atoms with Crippen molar-refractivity contribution in [2.24, 2.45) is 5.10 Å². The molecule has 6 heteroatoms. The van der Waals surface area contributed by atoms with Crippen LogP contribution in [0.5, 0.6) is 0 Å². The Hall–Kier alpha value is -2.57. The van der Waals surface area contributed by atoms with Crippen LogP contribution in [0.4, 0.5) is 0 Å². The van der Waals surface area contributed by atoms with Crippen molar-refractivity contribution < 1.29 is 9.53 Å². The van der Waals surface area contributed by atoms with Gasteiger partial charge in [-0.25, -0.2) is 5.43 Å². The van der Waals surface area contributed by atoms with Gasteiger partial charge in [-0.2, -0.15) is 5.10 Å². The molecule has 1 aliphatic heterocycles. The highest BCUT2D eigenvalue weighted by atomic mass is 16.5. The number of nitrogens with one attached hydrogen (secondary N) is 1. The number of amides is 1. The molecule has 124 valence electrons. The summed E-state index contributed by atoms with van der Waals surface area (Å²) in [7, 11) is 0. The van der Waals surface area contributed by atoms with E-state index in [1.54, 1.807) is 18.6 Å². The molecule has 3 rings (SSSR count). The van der Waals surface area contributed by atoms with E-state index >= 15 is 0 Å². The van der Waals surface area contributed by atoms with Crippen LogP contribution >= 0.6 is 0 Å². The zero-order chi connectivity index (χ0) is 16.6. The number of hydrazone groups is 1. The predicted molar refractivity (Wildman–Crippen MR) is 91.8 cm³/mol. The van der Waals surface area contributed by atoms with E-state index in [4.69, 9.17) is 4.74 Å². The van der Waals surface area contributed by atoms with Gasteiger partial charge in [0.25, 0.3) is 5.91 Å². The number of morpholine rings is 1. The summed E-state index contributed by atoms with van der Waals surface area (Å²) in [5, 5.41) is 3.96. The van der Waals surface area contributed by atoms with Gasteiger partial charge in [-0.05, 0) is 35.4 Å². The smallest absolute Gasteiger partial charge is 0.271 e. The number of ether oxygens (including phenoxy) is 1. The summed E-state index contributed by atoms with van der Waals surface area (Å²) in [5.74, 6) is -0.224. The van der Waals surface area contributed by atoms with Crippen molar-refractivity contribution in [1.29, 1.82) is 0 Å². The summed E-state index contributed by atoms with van der Waals surface area (Å²) in [6, 6.07) is 11.3. The van der Waals surface area contributed by atoms with Gasteiger partial charge in [-0.3, -0.25) is 14.7 Å². The summed E-state index contributed by atoms with van der Waals surface area (Å²) in [5.41, 5.74) is 5.19. The summed E-state index contributed by atoms with van der Waals surface area (Å²) < 4.78 is 5.35. The molecule has 2 heterocycles. The van der Waals surface area contributed by atoms with Crippen molar-refractivity contribution in [3.63, 3.8) is 0 Å². The number of hydrogen-bond acceptors (Lipinski definition) is 5. The van der Waals surface area contributed by atoms with E-state index in [0.717, 1.165) is 38.4 Å². The second-order valence-corrected chi connectivity index (χ2v) is 5.57. The zero-order valence-electron chi connectivity index (χ0n) is 13.4. The Balaban J connectivity index is 1.52. The normalized spacial score (nSPS) is 15.5. The van der Waals surface area contributed by atoms with E-state index in [0.29, 0.717) is 5.56 Å². The van der Waals surface area contributed by atoms with Crippen LogP contribution in [-0.4, -0.2) is 48.3 Å². The molecule has 0 bridgehead atoms. The molecule has 1 amide bonds. The van der Waals surface area contributed by atoms with Gasteiger partial charge in [-0.15, -0.1) is 0 Å². The van der Waals surface area contributed by atoms with Gasteiger partial charge in [-0.1, -0.05) is 12.1 Å². The highest BCUT2D eigenvalue weighted by Crippen LogP contribution is 2.09. The van der Waals surface area contributed by atoms with Crippen molar-refractivity contribution in [2.45, 2.75) is 6.54 Å². The van der Waals surface area contributed by atoms with Gasteiger partial charge < -0.3 is 4.74 Å². The number of nitrogens with zero attached hydrogens (tertiary/aromatic N) is 3. The molecule has 0 spiro atoms. The van der Waals surface area contributed by atoms with Crippen LogP contribution in [0.1, 0.15) is 21.5 Å². The Bertz CT molecular complexity index is 680. The summed E-state index contributed by atoms with van der Waals surface area (Å²) in [6.45, 7) is 4.36. The van der Waals surface area contributed by atoms with Gasteiger partial charge in [0.05, 0.1) is 19.4 Å². The fourth-order valence-electron chi connectivity index (χ4n) is 2.46. The van der Waals surface area contributed by atoms with Gasteiger partial charge in [0.1, 0.15) is 0 Å². The maximum absolute atomic E-state index is 12.1. The maximum atomic E-state index is 12.1. The molecule has 0 aliphatic carbocycles. The van der Waals surface area contributed by atoms with Crippen LogP contribution in [0.15, 0.2) is 53.9 Å². The van der Waals surface area contributed by atoms with Crippen LogP contribution in [0.25, 0.3) is 0 Å². The molecule has 0 atom stereocenters. The number of hydrogen-bond donors (Lipinski definition) is 1. The van der Waals surface area contributed by atoms with Crippen LogP contribution < -0.4 is 5.43 Å². The van der Waals surface area contributed by atoms with E-state index < -0.39 is 0 Å². The molecule has 1 N–H and O–H groups in total. The second kappa shape index (κ2) is 8.33. The molecule has 24 heavy (non-hydrogen) atoms. The average Bonchev–Trinajstić information content (AvgIpc) is 2.64. The highest BCUT2D eigenvalue weighted by Gasteiger charge is 2.11. The Labute approximate surface area is 141 Å². The minimum atomic E-state index is -0.224. The van der Waals surface area contributed by atoms with Crippen LogP contribution in [-0.2, 0) is 11.3 Å². The first-order chi connectivity index (χ1) is 11.8. The Kier molecular flexibility index (Phi) is 5.65. The summed E-state index contributed by atoms with van der Waals surface area (Å²) >= 11 is 0. The third kappa shape index (κ3) is 4.71. The maximum Gasteiger partial charge on any atom is 0.271 e. The SMILES string of the molecule is O=C(NN=Cc1ccncc1)c1ccc(CN2CCOCC2)cc1. The number of carbonyl (C=O) groups is 1. The lowest BCUT2D eigenvalue weighted by Gasteiger charge is -2.26. The van der Waals surface area contributed by atoms with E-state index in [1.807, 2.05) is 36.4 Å². The number of pyridine rings is 1. The molecule has 1 aromatic carbocycles. The molecule has 0 radical (unpaired) electrons. The Morgan fingerprint density at radius 1 is 1.17 bits per heavy atom. The van der Waals surface area contributed by atoms with Crippen molar-refractivity contribution >= 4 is 12.1 Å². The van der Waals surface area contributed by atoms with Crippen molar-refractivity contribution in [3.05, 3.63) is 65.5 Å². The molecule has 6 nitrogen and oxygen atoms in total. The number of aromatic nitrogens is 1. The quantitative estimate of drug-likeness (QED) is 0.671. The van der Waals surface area contributed by atoms with Crippen molar-refractivity contribution in [1.82, 2.24) is 15.3 Å². The van der Waals surface area contributed by atoms with Crippen molar-refractivity contribution in [3.8, 4) is 0 Å². The van der Waals surface area contributed by atoms with Gasteiger partial charge in [0.15, 0.2) is 0 Å². The van der Waals surface area contributed by atoms with Gasteiger partial charge in [0, 0.05) is 37.6 Å². The lowest BCUT2D eigenvalue weighted by Crippen LogP contribution is -2.35. The lowest BCUT2D eigenvalue weighted by atomic mass is 10.1. The van der Waals surface area contributed by atoms with Gasteiger partial charge >= 0.3 is 0 Å².